The number of fused-ring (bicyclic) bond motifs is 1. The van der Waals surface area contributed by atoms with Gasteiger partial charge < -0.3 is 14.7 Å². The summed E-state index contributed by atoms with van der Waals surface area (Å²) < 4.78 is 7.73. The van der Waals surface area contributed by atoms with Crippen LogP contribution in [0.25, 0.3) is 33.5 Å². The van der Waals surface area contributed by atoms with Crippen molar-refractivity contribution in [2.45, 2.75) is 25.5 Å². The number of nitrogens with zero attached hydrogens (tertiary/aromatic N) is 4. The second kappa shape index (κ2) is 6.67. The molecule has 9 heteroatoms. The monoisotopic (exact) mass is 402 g/mol. The van der Waals surface area contributed by atoms with Crippen molar-refractivity contribution in [2.24, 2.45) is 0 Å². The molecule has 1 fully saturated rings. The second-order valence-electron chi connectivity index (χ2n) is 6.53. The Bertz CT molecular complexity index is 1090. The molecule has 0 amide bonds. The fourth-order valence-corrected chi connectivity index (χ4v) is 3.93. The Balaban J connectivity index is 1.69. The number of aromatic nitrogens is 6. The lowest BCUT2D eigenvalue weighted by atomic mass is 10.0. The normalized spacial score (nSPS) is 17.6. The molecule has 0 radical (unpaired) electrons. The summed E-state index contributed by atoms with van der Waals surface area (Å²) in [6.45, 7) is 0.768. The second-order valence-corrected chi connectivity index (χ2v) is 7.31. The van der Waals surface area contributed by atoms with Crippen molar-refractivity contribution in [3.8, 4) is 22.6 Å². The van der Waals surface area contributed by atoms with Gasteiger partial charge in [0, 0.05) is 29.3 Å². The van der Waals surface area contributed by atoms with Crippen LogP contribution in [0.2, 0.25) is 10.0 Å². The summed E-state index contributed by atoms with van der Waals surface area (Å²) in [7, 11) is 0. The summed E-state index contributed by atoms with van der Waals surface area (Å²) in [6.07, 6.45) is 8.56. The van der Waals surface area contributed by atoms with Crippen LogP contribution in [0.3, 0.4) is 0 Å². The van der Waals surface area contributed by atoms with Gasteiger partial charge in [-0.2, -0.15) is 5.10 Å². The molecular formula is C18H16Cl2N6O. The van der Waals surface area contributed by atoms with Crippen molar-refractivity contribution in [2.75, 3.05) is 6.61 Å². The fraction of sp³-hybridized carbons (Fsp3) is 0.278. The zero-order valence-electron chi connectivity index (χ0n) is 14.2. The number of halogens is 2. The first-order valence-electron chi connectivity index (χ1n) is 8.74. The topological polar surface area (TPSA) is 84.4 Å². The summed E-state index contributed by atoms with van der Waals surface area (Å²) in [4.78, 5) is 6.39. The Morgan fingerprint density at radius 2 is 2.15 bits per heavy atom. The molecule has 1 saturated heterocycles. The highest BCUT2D eigenvalue weighted by Crippen LogP contribution is 2.41. The Kier molecular flexibility index (Phi) is 4.15. The van der Waals surface area contributed by atoms with E-state index in [1.807, 2.05) is 23.1 Å². The number of hydrogen-bond donors (Lipinski definition) is 2. The summed E-state index contributed by atoms with van der Waals surface area (Å²) in [5.74, 6) is 0.620. The van der Waals surface area contributed by atoms with Crippen molar-refractivity contribution in [3.05, 3.63) is 40.9 Å². The van der Waals surface area contributed by atoms with Gasteiger partial charge in [0.15, 0.2) is 5.82 Å². The smallest absolute Gasteiger partial charge is 0.178 e. The molecule has 1 unspecified atom stereocenters. The molecule has 0 bridgehead atoms. The molecule has 7 nitrogen and oxygen atoms in total. The minimum Gasteiger partial charge on any atom is -0.357 e. The average molecular weight is 403 g/mol. The zero-order chi connectivity index (χ0) is 18.4. The number of rotatable bonds is 3. The molecule has 5 rings (SSSR count). The number of hydrogen-bond acceptors (Lipinski definition) is 4. The van der Waals surface area contributed by atoms with E-state index < -0.39 is 0 Å². The molecule has 3 aromatic heterocycles. The number of aromatic amines is 2. The summed E-state index contributed by atoms with van der Waals surface area (Å²) in [5.41, 5.74) is 3.44. The quantitative estimate of drug-likeness (QED) is 0.514. The maximum atomic E-state index is 6.44. The first kappa shape index (κ1) is 16.8. The van der Waals surface area contributed by atoms with Crippen LogP contribution in [-0.4, -0.2) is 36.6 Å². The van der Waals surface area contributed by atoms with E-state index in [2.05, 4.69) is 25.3 Å². The van der Waals surface area contributed by atoms with Crippen LogP contribution < -0.4 is 0 Å². The van der Waals surface area contributed by atoms with E-state index >= 15 is 0 Å². The molecule has 1 atom stereocenters. The van der Waals surface area contributed by atoms with Gasteiger partial charge >= 0.3 is 0 Å². The number of benzene rings is 1. The minimum atomic E-state index is -0.0236. The number of ether oxygens (including phenoxy) is 1. The maximum absolute atomic E-state index is 6.44. The minimum absolute atomic E-state index is 0.0236. The van der Waals surface area contributed by atoms with Crippen LogP contribution in [0, 0.1) is 0 Å². The van der Waals surface area contributed by atoms with E-state index in [1.54, 1.807) is 12.4 Å². The van der Waals surface area contributed by atoms with Gasteiger partial charge in [-0.05, 0) is 25.3 Å². The van der Waals surface area contributed by atoms with E-state index in [0.29, 0.717) is 15.9 Å². The molecule has 1 aliphatic rings. The van der Waals surface area contributed by atoms with Gasteiger partial charge in [-0.3, -0.25) is 0 Å². The van der Waals surface area contributed by atoms with E-state index in [-0.39, 0.29) is 6.23 Å². The van der Waals surface area contributed by atoms with Crippen LogP contribution in [-0.2, 0) is 4.74 Å². The molecule has 4 aromatic rings. The SMILES string of the molecule is Clc1ccc2c(-c3cnn(C4CCCCO4)c3)c(-c3nnc[nH]3)[nH]c2c1Cl. The summed E-state index contributed by atoms with van der Waals surface area (Å²) in [5, 5.41) is 14.5. The molecular weight excluding hydrogens is 387 g/mol. The predicted octanol–water partition coefficient (Wildman–Crippen LogP) is 4.82. The molecule has 4 heterocycles. The third-order valence-electron chi connectivity index (χ3n) is 4.86. The van der Waals surface area contributed by atoms with Crippen LogP contribution >= 0.6 is 23.2 Å². The van der Waals surface area contributed by atoms with Crippen molar-refractivity contribution < 1.29 is 4.74 Å². The van der Waals surface area contributed by atoms with Gasteiger partial charge in [-0.1, -0.05) is 29.3 Å². The number of nitrogens with one attached hydrogen (secondary N) is 2. The highest BCUT2D eigenvalue weighted by molar-refractivity contribution is 6.45. The molecule has 0 spiro atoms. The maximum Gasteiger partial charge on any atom is 0.178 e. The van der Waals surface area contributed by atoms with E-state index in [9.17, 15) is 0 Å². The Labute approximate surface area is 164 Å². The van der Waals surface area contributed by atoms with Crippen molar-refractivity contribution in [1.82, 2.24) is 29.9 Å². The van der Waals surface area contributed by atoms with Crippen LogP contribution in [0.1, 0.15) is 25.5 Å². The van der Waals surface area contributed by atoms with E-state index in [4.69, 9.17) is 27.9 Å². The van der Waals surface area contributed by atoms with Crippen LogP contribution in [0.5, 0.6) is 0 Å². The zero-order valence-corrected chi connectivity index (χ0v) is 15.8. The lowest BCUT2D eigenvalue weighted by Gasteiger charge is -2.22. The molecule has 138 valence electrons. The first-order valence-corrected chi connectivity index (χ1v) is 9.50. The van der Waals surface area contributed by atoms with Crippen molar-refractivity contribution in [1.29, 1.82) is 0 Å². The summed E-state index contributed by atoms with van der Waals surface area (Å²) >= 11 is 12.6. The predicted molar refractivity (Wildman–Crippen MR) is 104 cm³/mol. The lowest BCUT2D eigenvalue weighted by molar-refractivity contribution is -0.0394. The first-order chi connectivity index (χ1) is 13.2. The standard InChI is InChI=1S/C18H16Cl2N6O/c19-12-5-4-11-14(10-7-23-26(8-10)13-3-1-2-6-27-13)17(18-21-9-22-25-18)24-16(11)15(12)20/h4-5,7-9,13,24H,1-3,6H2,(H,21,22,25). The Hall–Kier alpha value is -2.35. The highest BCUT2D eigenvalue weighted by atomic mass is 35.5. The van der Waals surface area contributed by atoms with Gasteiger partial charge in [-0.15, -0.1) is 10.2 Å². The molecule has 1 aromatic carbocycles. The lowest BCUT2D eigenvalue weighted by Crippen LogP contribution is -2.18. The molecule has 27 heavy (non-hydrogen) atoms. The van der Waals surface area contributed by atoms with Gasteiger partial charge in [0.25, 0.3) is 0 Å². The molecule has 1 aliphatic heterocycles. The largest absolute Gasteiger partial charge is 0.357 e. The van der Waals surface area contributed by atoms with E-state index in [0.717, 1.165) is 53.6 Å². The van der Waals surface area contributed by atoms with Gasteiger partial charge in [0.2, 0.25) is 0 Å². The van der Waals surface area contributed by atoms with Crippen LogP contribution in [0.4, 0.5) is 0 Å². The Morgan fingerprint density at radius 1 is 1.22 bits per heavy atom. The van der Waals surface area contributed by atoms with E-state index in [1.165, 1.54) is 0 Å². The third kappa shape index (κ3) is 2.82. The van der Waals surface area contributed by atoms with Gasteiger partial charge in [-0.25, -0.2) is 4.68 Å². The van der Waals surface area contributed by atoms with Crippen molar-refractivity contribution >= 4 is 34.1 Å². The third-order valence-corrected chi connectivity index (χ3v) is 5.66. The number of H-pyrrole nitrogens is 2. The average Bonchev–Trinajstić information content (AvgIpc) is 3.44. The molecule has 2 N–H and O–H groups in total. The summed E-state index contributed by atoms with van der Waals surface area (Å²) in [6, 6.07) is 3.74. The Morgan fingerprint density at radius 3 is 2.93 bits per heavy atom. The van der Waals surface area contributed by atoms with Gasteiger partial charge in [0.05, 0.1) is 27.5 Å². The van der Waals surface area contributed by atoms with Crippen LogP contribution in [0.15, 0.2) is 30.9 Å². The van der Waals surface area contributed by atoms with Crippen molar-refractivity contribution in [3.63, 3.8) is 0 Å². The fourth-order valence-electron chi connectivity index (χ4n) is 3.57. The molecule has 0 aliphatic carbocycles. The van der Waals surface area contributed by atoms with Gasteiger partial charge in [0.1, 0.15) is 12.6 Å². The molecule has 0 saturated carbocycles. The highest BCUT2D eigenvalue weighted by Gasteiger charge is 2.22.